The molecule has 0 bridgehead atoms. The maximum absolute atomic E-state index is 12.6. The lowest BCUT2D eigenvalue weighted by Crippen LogP contribution is -2.32. The van der Waals surface area contributed by atoms with Crippen LogP contribution in [0.1, 0.15) is 40.8 Å². The molecule has 0 aliphatic carbocycles. The Morgan fingerprint density at radius 2 is 2.09 bits per heavy atom. The van der Waals surface area contributed by atoms with Crippen LogP contribution >= 0.6 is 11.3 Å². The van der Waals surface area contributed by atoms with Gasteiger partial charge >= 0.3 is 6.18 Å². The van der Waals surface area contributed by atoms with Gasteiger partial charge < -0.3 is 0 Å². The number of aromatic nitrogens is 3. The number of halogens is 3. The Labute approximate surface area is 130 Å². The highest BCUT2D eigenvalue weighted by Gasteiger charge is 2.35. The first-order valence-corrected chi connectivity index (χ1v) is 8.05. The molecule has 0 atom stereocenters. The van der Waals surface area contributed by atoms with Gasteiger partial charge in [-0.15, -0.1) is 11.3 Å². The minimum atomic E-state index is -4.38. The van der Waals surface area contributed by atoms with Crippen molar-refractivity contribution in [1.29, 1.82) is 0 Å². The highest BCUT2D eigenvalue weighted by molar-refractivity contribution is 7.09. The van der Waals surface area contributed by atoms with Crippen LogP contribution in [0, 0.1) is 6.92 Å². The van der Waals surface area contributed by atoms with E-state index in [0.29, 0.717) is 5.69 Å². The number of hydrogen-bond donors (Lipinski definition) is 1. The largest absolute Gasteiger partial charge is 0.435 e. The number of piperidine rings is 1. The highest BCUT2D eigenvalue weighted by Crippen LogP contribution is 2.32. The number of aryl methyl sites for hydroxylation is 1. The predicted molar refractivity (Wildman–Crippen MR) is 77.7 cm³/mol. The van der Waals surface area contributed by atoms with Crippen LogP contribution in [0.2, 0.25) is 0 Å². The van der Waals surface area contributed by atoms with E-state index in [1.807, 2.05) is 6.92 Å². The second-order valence-corrected chi connectivity index (χ2v) is 6.68. The summed E-state index contributed by atoms with van der Waals surface area (Å²) in [5, 5.41) is 9.05. The van der Waals surface area contributed by atoms with Crippen molar-refractivity contribution in [2.24, 2.45) is 0 Å². The van der Waals surface area contributed by atoms with Gasteiger partial charge in [-0.25, -0.2) is 4.98 Å². The molecule has 0 unspecified atom stereocenters. The van der Waals surface area contributed by atoms with Gasteiger partial charge in [-0.2, -0.15) is 18.3 Å². The minimum absolute atomic E-state index is 0.122. The summed E-state index contributed by atoms with van der Waals surface area (Å²) < 4.78 is 37.7. The highest BCUT2D eigenvalue weighted by atomic mass is 32.1. The Bertz CT molecular complexity index is 626. The molecule has 3 heterocycles. The van der Waals surface area contributed by atoms with Crippen LogP contribution < -0.4 is 0 Å². The summed E-state index contributed by atoms with van der Waals surface area (Å²) in [5.74, 6) is 0.122. The summed E-state index contributed by atoms with van der Waals surface area (Å²) in [5.41, 5.74) is 0.834. The molecule has 1 fully saturated rings. The number of H-pyrrole nitrogens is 1. The molecule has 8 heteroatoms. The molecule has 22 heavy (non-hydrogen) atoms. The molecule has 0 saturated carbocycles. The van der Waals surface area contributed by atoms with Gasteiger partial charge in [-0.3, -0.25) is 10.00 Å². The molecule has 0 spiro atoms. The van der Waals surface area contributed by atoms with Crippen molar-refractivity contribution in [2.45, 2.75) is 38.4 Å². The average molecular weight is 330 g/mol. The van der Waals surface area contributed by atoms with E-state index in [1.165, 1.54) is 0 Å². The zero-order valence-corrected chi connectivity index (χ0v) is 13.0. The van der Waals surface area contributed by atoms with Crippen LogP contribution in [-0.2, 0) is 12.7 Å². The number of alkyl halides is 3. The number of nitrogens with one attached hydrogen (secondary N) is 1. The summed E-state index contributed by atoms with van der Waals surface area (Å²) in [4.78, 5) is 6.75. The second-order valence-electron chi connectivity index (χ2n) is 5.61. The summed E-state index contributed by atoms with van der Waals surface area (Å²) in [6.07, 6.45) is -2.71. The quantitative estimate of drug-likeness (QED) is 0.936. The number of likely N-dealkylation sites (tertiary alicyclic amines) is 1. The first-order chi connectivity index (χ1) is 10.4. The zero-order chi connectivity index (χ0) is 15.7. The number of thiazole rings is 1. The zero-order valence-electron chi connectivity index (χ0n) is 12.2. The summed E-state index contributed by atoms with van der Waals surface area (Å²) in [7, 11) is 0. The molecule has 120 valence electrons. The Hall–Kier alpha value is -1.41. The van der Waals surface area contributed by atoms with Crippen molar-refractivity contribution in [3.8, 4) is 0 Å². The van der Waals surface area contributed by atoms with Gasteiger partial charge in [0.15, 0.2) is 5.69 Å². The standard InChI is InChI=1S/C14H17F3N4S/c1-9-18-11(8-22-9)7-21-4-2-10(3-5-21)12-6-13(20-19-12)14(15,16)17/h6,8,10H,2-5,7H2,1H3,(H,19,20). The third kappa shape index (κ3) is 3.49. The van der Waals surface area contributed by atoms with Crippen molar-refractivity contribution >= 4 is 11.3 Å². The normalized spacial score (nSPS) is 18.0. The summed E-state index contributed by atoms with van der Waals surface area (Å²) in [6, 6.07) is 1.14. The fourth-order valence-electron chi connectivity index (χ4n) is 2.80. The van der Waals surface area contributed by atoms with E-state index in [0.717, 1.165) is 49.2 Å². The van der Waals surface area contributed by atoms with E-state index in [1.54, 1.807) is 11.3 Å². The van der Waals surface area contributed by atoms with Crippen LogP contribution in [0.4, 0.5) is 13.2 Å². The molecule has 1 saturated heterocycles. The van der Waals surface area contributed by atoms with Gasteiger partial charge in [0, 0.05) is 23.5 Å². The number of aromatic amines is 1. The Kier molecular flexibility index (Phi) is 4.22. The predicted octanol–water partition coefficient (Wildman–Crippen LogP) is 3.57. The molecule has 2 aromatic rings. The van der Waals surface area contributed by atoms with Crippen molar-refractivity contribution in [2.75, 3.05) is 13.1 Å². The number of hydrogen-bond acceptors (Lipinski definition) is 4. The molecule has 0 amide bonds. The van der Waals surface area contributed by atoms with Crippen molar-refractivity contribution in [3.05, 3.63) is 33.5 Å². The monoisotopic (exact) mass is 330 g/mol. The van der Waals surface area contributed by atoms with Gasteiger partial charge in [-0.1, -0.05) is 0 Å². The summed E-state index contributed by atoms with van der Waals surface area (Å²) >= 11 is 1.64. The van der Waals surface area contributed by atoms with Gasteiger partial charge in [0.2, 0.25) is 0 Å². The molecule has 0 aromatic carbocycles. The van der Waals surface area contributed by atoms with Gasteiger partial charge in [0.1, 0.15) is 0 Å². The van der Waals surface area contributed by atoms with E-state index in [2.05, 4.69) is 25.5 Å². The third-order valence-electron chi connectivity index (χ3n) is 3.97. The smallest absolute Gasteiger partial charge is 0.297 e. The van der Waals surface area contributed by atoms with Gasteiger partial charge in [0.05, 0.1) is 10.7 Å². The average Bonchev–Trinajstić information content (AvgIpc) is 3.08. The first kappa shape index (κ1) is 15.5. The Morgan fingerprint density at radius 3 is 2.64 bits per heavy atom. The van der Waals surface area contributed by atoms with Crippen LogP contribution in [0.3, 0.4) is 0 Å². The Morgan fingerprint density at radius 1 is 1.36 bits per heavy atom. The van der Waals surface area contributed by atoms with Crippen LogP contribution in [0.15, 0.2) is 11.4 Å². The lowest BCUT2D eigenvalue weighted by atomic mass is 9.93. The van der Waals surface area contributed by atoms with E-state index in [4.69, 9.17) is 0 Å². The number of nitrogens with zero attached hydrogens (tertiary/aromatic N) is 3. The second kappa shape index (κ2) is 6.00. The summed E-state index contributed by atoms with van der Waals surface area (Å²) in [6.45, 7) is 4.52. The van der Waals surface area contributed by atoms with Crippen LogP contribution in [0.5, 0.6) is 0 Å². The van der Waals surface area contributed by atoms with E-state index in [-0.39, 0.29) is 5.92 Å². The topological polar surface area (TPSA) is 44.8 Å². The first-order valence-electron chi connectivity index (χ1n) is 7.17. The van der Waals surface area contributed by atoms with Crippen LogP contribution in [-0.4, -0.2) is 33.2 Å². The SMILES string of the molecule is Cc1nc(CN2CCC(c3cc(C(F)(F)F)n[nH]3)CC2)cs1. The molecule has 4 nitrogen and oxygen atoms in total. The van der Waals surface area contributed by atoms with Crippen molar-refractivity contribution in [1.82, 2.24) is 20.1 Å². The lowest BCUT2D eigenvalue weighted by Gasteiger charge is -2.30. The lowest BCUT2D eigenvalue weighted by molar-refractivity contribution is -0.141. The molecule has 3 rings (SSSR count). The molecular formula is C14H17F3N4S. The maximum atomic E-state index is 12.6. The van der Waals surface area contributed by atoms with E-state index < -0.39 is 11.9 Å². The fraction of sp³-hybridized carbons (Fsp3) is 0.571. The molecule has 2 aromatic heterocycles. The van der Waals surface area contributed by atoms with E-state index >= 15 is 0 Å². The van der Waals surface area contributed by atoms with Gasteiger partial charge in [-0.05, 0) is 38.9 Å². The van der Waals surface area contributed by atoms with Crippen LogP contribution in [0.25, 0.3) is 0 Å². The fourth-order valence-corrected chi connectivity index (χ4v) is 3.41. The molecule has 1 aliphatic rings. The molecule has 1 aliphatic heterocycles. The minimum Gasteiger partial charge on any atom is -0.297 e. The molecule has 0 radical (unpaired) electrons. The van der Waals surface area contributed by atoms with E-state index in [9.17, 15) is 13.2 Å². The third-order valence-corrected chi connectivity index (χ3v) is 4.79. The number of rotatable bonds is 3. The molecule has 1 N–H and O–H groups in total. The molecular weight excluding hydrogens is 313 g/mol. The maximum Gasteiger partial charge on any atom is 0.435 e. The van der Waals surface area contributed by atoms with Crippen molar-refractivity contribution < 1.29 is 13.2 Å². The Balaban J connectivity index is 1.56. The van der Waals surface area contributed by atoms with Gasteiger partial charge in [0.25, 0.3) is 0 Å². The van der Waals surface area contributed by atoms with Crippen molar-refractivity contribution in [3.63, 3.8) is 0 Å².